The molecule has 0 unspecified atom stereocenters. The number of hydrogen-bond donors (Lipinski definition) is 2. The second-order valence-corrected chi connectivity index (χ2v) is 5.82. The van der Waals surface area contributed by atoms with Crippen LogP contribution in [-0.4, -0.2) is 19.0 Å². The molecule has 2 rings (SSSR count). The van der Waals surface area contributed by atoms with E-state index in [1.807, 2.05) is 6.07 Å². The standard InChI is InChI=1S/C16H24N2O/c1-13-4-2-5-14(10-13)6-7-15(19)18-12-16(11-17)8-3-9-16/h2,4-5,10H,3,6-9,11-12,17H2,1H3,(H,18,19). The van der Waals surface area contributed by atoms with E-state index in [4.69, 9.17) is 5.73 Å². The van der Waals surface area contributed by atoms with Crippen molar-refractivity contribution in [1.29, 1.82) is 0 Å². The molecular formula is C16H24N2O. The Hall–Kier alpha value is -1.35. The number of nitrogens with two attached hydrogens (primary N) is 1. The Morgan fingerprint density at radius 1 is 1.42 bits per heavy atom. The fraction of sp³-hybridized carbons (Fsp3) is 0.562. The maximum absolute atomic E-state index is 11.9. The maximum atomic E-state index is 11.9. The van der Waals surface area contributed by atoms with Crippen molar-refractivity contribution in [2.45, 2.75) is 39.0 Å². The first kappa shape index (κ1) is 14.1. The predicted molar refractivity (Wildman–Crippen MR) is 77.8 cm³/mol. The quantitative estimate of drug-likeness (QED) is 0.823. The van der Waals surface area contributed by atoms with Crippen LogP contribution in [0.1, 0.15) is 36.8 Å². The van der Waals surface area contributed by atoms with Crippen molar-refractivity contribution in [3.63, 3.8) is 0 Å². The van der Waals surface area contributed by atoms with E-state index in [2.05, 4.69) is 30.4 Å². The Balaban J connectivity index is 1.73. The van der Waals surface area contributed by atoms with Crippen molar-refractivity contribution in [2.75, 3.05) is 13.1 Å². The Morgan fingerprint density at radius 2 is 2.21 bits per heavy atom. The molecule has 0 bridgehead atoms. The van der Waals surface area contributed by atoms with E-state index in [0.717, 1.165) is 25.8 Å². The van der Waals surface area contributed by atoms with Crippen LogP contribution in [0, 0.1) is 12.3 Å². The number of hydrogen-bond acceptors (Lipinski definition) is 2. The molecule has 1 aliphatic carbocycles. The van der Waals surface area contributed by atoms with Gasteiger partial charge >= 0.3 is 0 Å². The molecular weight excluding hydrogens is 236 g/mol. The van der Waals surface area contributed by atoms with Crippen LogP contribution in [0.5, 0.6) is 0 Å². The molecule has 0 atom stereocenters. The highest BCUT2D eigenvalue weighted by atomic mass is 16.1. The molecule has 3 heteroatoms. The number of carbonyl (C=O) groups excluding carboxylic acids is 1. The summed E-state index contributed by atoms with van der Waals surface area (Å²) in [4.78, 5) is 11.9. The Morgan fingerprint density at radius 3 is 2.79 bits per heavy atom. The summed E-state index contributed by atoms with van der Waals surface area (Å²) in [6, 6.07) is 8.33. The van der Waals surface area contributed by atoms with Crippen LogP contribution in [0.15, 0.2) is 24.3 Å². The van der Waals surface area contributed by atoms with Crippen LogP contribution in [0.2, 0.25) is 0 Å². The van der Waals surface area contributed by atoms with Gasteiger partial charge in [-0.1, -0.05) is 36.2 Å². The smallest absolute Gasteiger partial charge is 0.220 e. The van der Waals surface area contributed by atoms with Gasteiger partial charge in [0.15, 0.2) is 0 Å². The second-order valence-electron chi connectivity index (χ2n) is 5.82. The number of amides is 1. The van der Waals surface area contributed by atoms with Crippen molar-refractivity contribution in [3.8, 4) is 0 Å². The average molecular weight is 260 g/mol. The van der Waals surface area contributed by atoms with Gasteiger partial charge in [-0.15, -0.1) is 0 Å². The van der Waals surface area contributed by atoms with Crippen LogP contribution in [0.3, 0.4) is 0 Å². The van der Waals surface area contributed by atoms with Gasteiger partial charge in [-0.3, -0.25) is 4.79 Å². The molecule has 104 valence electrons. The molecule has 1 fully saturated rings. The molecule has 1 aromatic rings. The zero-order valence-electron chi connectivity index (χ0n) is 11.7. The van der Waals surface area contributed by atoms with Crippen molar-refractivity contribution in [1.82, 2.24) is 5.32 Å². The lowest BCUT2D eigenvalue weighted by Crippen LogP contribution is -2.46. The van der Waals surface area contributed by atoms with Crippen LogP contribution < -0.4 is 11.1 Å². The average Bonchev–Trinajstić information content (AvgIpc) is 2.36. The Labute approximate surface area is 115 Å². The van der Waals surface area contributed by atoms with E-state index in [9.17, 15) is 4.79 Å². The number of carbonyl (C=O) groups is 1. The van der Waals surface area contributed by atoms with E-state index >= 15 is 0 Å². The predicted octanol–water partition coefficient (Wildman–Crippen LogP) is 2.17. The minimum Gasteiger partial charge on any atom is -0.355 e. The molecule has 0 aromatic heterocycles. The molecule has 1 aromatic carbocycles. The van der Waals surface area contributed by atoms with Gasteiger partial charge in [-0.2, -0.15) is 0 Å². The van der Waals surface area contributed by atoms with Crippen LogP contribution in [0.25, 0.3) is 0 Å². The minimum absolute atomic E-state index is 0.140. The molecule has 0 saturated heterocycles. The largest absolute Gasteiger partial charge is 0.355 e. The number of benzene rings is 1. The number of aryl methyl sites for hydroxylation is 2. The molecule has 0 spiro atoms. The molecule has 19 heavy (non-hydrogen) atoms. The number of nitrogens with one attached hydrogen (secondary N) is 1. The molecule has 3 N–H and O–H groups in total. The van der Waals surface area contributed by atoms with E-state index in [-0.39, 0.29) is 11.3 Å². The molecule has 0 heterocycles. The van der Waals surface area contributed by atoms with Gasteiger partial charge in [0.25, 0.3) is 0 Å². The first-order chi connectivity index (χ1) is 9.13. The second kappa shape index (κ2) is 6.20. The summed E-state index contributed by atoms with van der Waals surface area (Å²) in [6.45, 7) is 3.51. The van der Waals surface area contributed by atoms with Gasteiger partial charge in [0.1, 0.15) is 0 Å². The lowest BCUT2D eigenvalue weighted by Gasteiger charge is -2.41. The van der Waals surface area contributed by atoms with Crippen molar-refractivity contribution in [2.24, 2.45) is 11.1 Å². The Bertz CT molecular complexity index is 433. The SMILES string of the molecule is Cc1cccc(CCC(=O)NCC2(CN)CCC2)c1. The summed E-state index contributed by atoms with van der Waals surface area (Å²) in [5.74, 6) is 0.140. The summed E-state index contributed by atoms with van der Waals surface area (Å²) in [6.07, 6.45) is 4.92. The molecule has 1 aliphatic rings. The highest BCUT2D eigenvalue weighted by Gasteiger charge is 2.35. The monoisotopic (exact) mass is 260 g/mol. The zero-order chi connectivity index (χ0) is 13.7. The fourth-order valence-corrected chi connectivity index (χ4v) is 2.63. The lowest BCUT2D eigenvalue weighted by atomic mass is 9.69. The van der Waals surface area contributed by atoms with Gasteiger partial charge in [0.05, 0.1) is 0 Å². The van der Waals surface area contributed by atoms with Gasteiger partial charge in [0, 0.05) is 13.0 Å². The Kier molecular flexibility index (Phi) is 4.59. The van der Waals surface area contributed by atoms with Crippen molar-refractivity contribution < 1.29 is 4.79 Å². The maximum Gasteiger partial charge on any atom is 0.220 e. The summed E-state index contributed by atoms with van der Waals surface area (Å²) in [5, 5.41) is 3.04. The van der Waals surface area contributed by atoms with E-state index in [1.54, 1.807) is 0 Å². The van der Waals surface area contributed by atoms with Crippen LogP contribution >= 0.6 is 0 Å². The van der Waals surface area contributed by atoms with E-state index < -0.39 is 0 Å². The van der Waals surface area contributed by atoms with E-state index in [1.165, 1.54) is 17.5 Å². The summed E-state index contributed by atoms with van der Waals surface area (Å²) >= 11 is 0. The topological polar surface area (TPSA) is 55.1 Å². The molecule has 0 aliphatic heterocycles. The third-order valence-electron chi connectivity index (χ3n) is 4.23. The highest BCUT2D eigenvalue weighted by Crippen LogP contribution is 2.39. The van der Waals surface area contributed by atoms with E-state index in [0.29, 0.717) is 13.0 Å². The lowest BCUT2D eigenvalue weighted by molar-refractivity contribution is -0.121. The summed E-state index contributed by atoms with van der Waals surface area (Å²) < 4.78 is 0. The normalized spacial score (nSPS) is 16.7. The van der Waals surface area contributed by atoms with Crippen LogP contribution in [0.4, 0.5) is 0 Å². The first-order valence-electron chi connectivity index (χ1n) is 7.16. The zero-order valence-corrected chi connectivity index (χ0v) is 11.7. The highest BCUT2D eigenvalue weighted by molar-refractivity contribution is 5.76. The summed E-state index contributed by atoms with van der Waals surface area (Å²) in [7, 11) is 0. The fourth-order valence-electron chi connectivity index (χ4n) is 2.63. The number of rotatable bonds is 6. The molecule has 1 saturated carbocycles. The third-order valence-corrected chi connectivity index (χ3v) is 4.23. The van der Waals surface area contributed by atoms with Gasteiger partial charge < -0.3 is 11.1 Å². The third kappa shape index (κ3) is 3.80. The first-order valence-corrected chi connectivity index (χ1v) is 7.16. The minimum atomic E-state index is 0.140. The molecule has 3 nitrogen and oxygen atoms in total. The molecule has 1 amide bonds. The van der Waals surface area contributed by atoms with Gasteiger partial charge in [-0.25, -0.2) is 0 Å². The van der Waals surface area contributed by atoms with Crippen molar-refractivity contribution in [3.05, 3.63) is 35.4 Å². The van der Waals surface area contributed by atoms with Gasteiger partial charge in [-0.05, 0) is 43.7 Å². The summed E-state index contributed by atoms with van der Waals surface area (Å²) in [5.41, 5.74) is 8.45. The van der Waals surface area contributed by atoms with Gasteiger partial charge in [0.2, 0.25) is 5.91 Å². The van der Waals surface area contributed by atoms with Crippen LogP contribution in [-0.2, 0) is 11.2 Å². The molecule has 0 radical (unpaired) electrons. The van der Waals surface area contributed by atoms with Crippen molar-refractivity contribution >= 4 is 5.91 Å².